The number of nitrogens with one attached hydrogen (secondary N) is 1. The number of carbonyl (C=O) groups excluding carboxylic acids is 2. The summed E-state index contributed by atoms with van der Waals surface area (Å²) in [5, 5.41) is 13.1. The molecule has 6 nitrogen and oxygen atoms in total. The van der Waals surface area contributed by atoms with E-state index in [2.05, 4.69) is 62.9 Å². The molecule has 0 saturated carbocycles. The second-order valence-corrected chi connectivity index (χ2v) is 4.19. The molecular formula is C19H36N3NaO3. The van der Waals surface area contributed by atoms with Crippen molar-refractivity contribution >= 4 is 17.8 Å². The molecule has 2 unspecified atom stereocenters. The SMILES string of the molecule is C=C.C=C.C=C.C=C.CCCC(C)C1(CC)C(=O)N=C([O-])NC1=O.N.[Na+]. The van der Waals surface area contributed by atoms with Gasteiger partial charge in [-0.3, -0.25) is 9.59 Å². The maximum absolute atomic E-state index is 11.9. The molecule has 7 heteroatoms. The van der Waals surface area contributed by atoms with Crippen LogP contribution in [0.1, 0.15) is 40.0 Å². The van der Waals surface area contributed by atoms with Gasteiger partial charge in [-0.2, -0.15) is 0 Å². The maximum Gasteiger partial charge on any atom is 1.00 e. The van der Waals surface area contributed by atoms with Gasteiger partial charge in [0.15, 0.2) is 0 Å². The molecule has 0 aromatic rings. The molecule has 0 fully saturated rings. The van der Waals surface area contributed by atoms with E-state index in [1.807, 2.05) is 13.8 Å². The second kappa shape index (κ2) is 25.8. The van der Waals surface area contributed by atoms with E-state index in [0.29, 0.717) is 6.42 Å². The van der Waals surface area contributed by atoms with Crippen molar-refractivity contribution in [3.63, 3.8) is 0 Å². The van der Waals surface area contributed by atoms with Crippen molar-refractivity contribution in [3.05, 3.63) is 52.6 Å². The van der Waals surface area contributed by atoms with E-state index in [1.165, 1.54) is 0 Å². The first-order chi connectivity index (χ1) is 11.5. The third-order valence-corrected chi connectivity index (χ3v) is 3.33. The zero-order valence-corrected chi connectivity index (χ0v) is 19.2. The van der Waals surface area contributed by atoms with Crippen molar-refractivity contribution in [2.24, 2.45) is 16.3 Å². The Morgan fingerprint density at radius 2 is 1.42 bits per heavy atom. The van der Waals surface area contributed by atoms with Crippen LogP contribution in [0.2, 0.25) is 0 Å². The third-order valence-electron chi connectivity index (χ3n) is 3.33. The van der Waals surface area contributed by atoms with Gasteiger partial charge in [0.1, 0.15) is 5.41 Å². The molecule has 1 aliphatic heterocycles. The van der Waals surface area contributed by atoms with Crippen LogP contribution >= 0.6 is 0 Å². The molecule has 0 spiro atoms. The van der Waals surface area contributed by atoms with Crippen LogP contribution in [-0.4, -0.2) is 17.8 Å². The van der Waals surface area contributed by atoms with Crippen LogP contribution < -0.4 is 46.1 Å². The Balaban J connectivity index is -0.0000000883. The fourth-order valence-corrected chi connectivity index (χ4v) is 2.30. The van der Waals surface area contributed by atoms with Gasteiger partial charge in [-0.1, -0.05) is 27.2 Å². The summed E-state index contributed by atoms with van der Waals surface area (Å²) in [4.78, 5) is 27.1. The maximum atomic E-state index is 11.9. The normalized spacial score (nSPS) is 17.4. The Morgan fingerprint density at radius 3 is 1.69 bits per heavy atom. The van der Waals surface area contributed by atoms with Crippen molar-refractivity contribution in [1.29, 1.82) is 0 Å². The summed E-state index contributed by atoms with van der Waals surface area (Å²) in [6.45, 7) is 29.6. The van der Waals surface area contributed by atoms with Crippen molar-refractivity contribution in [2.75, 3.05) is 0 Å². The summed E-state index contributed by atoms with van der Waals surface area (Å²) in [5.41, 5.74) is -1.15. The number of aliphatic imine (C=N–C) groups is 1. The van der Waals surface area contributed by atoms with Crippen molar-refractivity contribution in [2.45, 2.75) is 40.0 Å². The molecule has 26 heavy (non-hydrogen) atoms. The number of amidine groups is 1. The fourth-order valence-electron chi connectivity index (χ4n) is 2.30. The van der Waals surface area contributed by atoms with E-state index in [1.54, 1.807) is 6.92 Å². The van der Waals surface area contributed by atoms with Crippen molar-refractivity contribution < 1.29 is 44.3 Å². The van der Waals surface area contributed by atoms with Gasteiger partial charge in [-0.05, 0) is 18.8 Å². The first-order valence-electron chi connectivity index (χ1n) is 7.60. The molecule has 2 atom stereocenters. The van der Waals surface area contributed by atoms with E-state index in [0.717, 1.165) is 12.8 Å². The molecule has 2 amide bonds. The summed E-state index contributed by atoms with van der Waals surface area (Å²) in [7, 11) is 0. The quantitative estimate of drug-likeness (QED) is 0.423. The van der Waals surface area contributed by atoms with E-state index >= 15 is 0 Å². The minimum atomic E-state index is -1.15. The summed E-state index contributed by atoms with van der Waals surface area (Å²) < 4.78 is 0. The Bertz CT molecular complexity index is 395. The first kappa shape index (κ1) is 39.6. The van der Waals surface area contributed by atoms with E-state index in [9.17, 15) is 14.7 Å². The smallest absolute Gasteiger partial charge is 0.846 e. The molecule has 4 N–H and O–H groups in total. The molecule has 146 valence electrons. The summed E-state index contributed by atoms with van der Waals surface area (Å²) in [6.07, 6.45) is 2.02. The topological polar surface area (TPSA) is 117 Å². The van der Waals surface area contributed by atoms with Gasteiger partial charge >= 0.3 is 29.6 Å². The molecule has 0 bridgehead atoms. The van der Waals surface area contributed by atoms with Gasteiger partial charge in [-0.25, -0.2) is 4.99 Å². The standard InChI is InChI=1S/C11H18N2O3.4C2H4.H3N.Na/c1-4-6-7(3)11(5-2)8(14)12-10(16)13-9(11)15;4*1-2;;/h7H,4-6H2,1-3H3,(H2,12,13,14,15,16);4*1-2H2;1H3;/q;;;;;;+1/p-1. The van der Waals surface area contributed by atoms with Crippen molar-refractivity contribution in [3.8, 4) is 0 Å². The van der Waals surface area contributed by atoms with Gasteiger partial charge in [-0.15, -0.1) is 52.6 Å². The monoisotopic (exact) mass is 377 g/mol. The van der Waals surface area contributed by atoms with Crippen molar-refractivity contribution in [1.82, 2.24) is 11.5 Å². The molecule has 1 heterocycles. The molecule has 1 aliphatic rings. The number of amides is 2. The predicted octanol–water partition coefficient (Wildman–Crippen LogP) is 0.567. The number of hydrogen-bond donors (Lipinski definition) is 2. The van der Waals surface area contributed by atoms with Gasteiger partial charge in [0.2, 0.25) is 5.91 Å². The van der Waals surface area contributed by atoms with Crippen LogP contribution in [0.15, 0.2) is 57.6 Å². The van der Waals surface area contributed by atoms with E-state index in [-0.39, 0.29) is 41.6 Å². The van der Waals surface area contributed by atoms with Gasteiger partial charge in [0.25, 0.3) is 5.91 Å². The largest absolute Gasteiger partial charge is 1.00 e. The van der Waals surface area contributed by atoms with Crippen LogP contribution in [0.4, 0.5) is 0 Å². The van der Waals surface area contributed by atoms with Gasteiger partial charge < -0.3 is 16.6 Å². The zero-order chi connectivity index (χ0) is 20.3. The molecular weight excluding hydrogens is 341 g/mol. The molecule has 0 aromatic heterocycles. The number of carbonyl (C=O) groups is 2. The minimum absolute atomic E-state index is 0. The minimum Gasteiger partial charge on any atom is -0.846 e. The van der Waals surface area contributed by atoms with Crippen LogP contribution in [0.3, 0.4) is 0 Å². The van der Waals surface area contributed by atoms with E-state index in [4.69, 9.17) is 0 Å². The van der Waals surface area contributed by atoms with Crippen LogP contribution in [0.5, 0.6) is 0 Å². The zero-order valence-electron chi connectivity index (χ0n) is 17.2. The summed E-state index contributed by atoms with van der Waals surface area (Å²) >= 11 is 0. The number of nitrogens with zero attached hydrogens (tertiary/aromatic N) is 1. The average molecular weight is 378 g/mol. The predicted molar refractivity (Wildman–Crippen MR) is 107 cm³/mol. The molecule has 0 aliphatic carbocycles. The summed E-state index contributed by atoms with van der Waals surface area (Å²) in [5.74, 6) is -1.20. The molecule has 0 aromatic carbocycles. The number of rotatable bonds is 4. The Kier molecular flexibility index (Phi) is 39.2. The van der Waals surface area contributed by atoms with E-state index < -0.39 is 23.3 Å². The first-order valence-corrected chi connectivity index (χ1v) is 7.60. The van der Waals surface area contributed by atoms with Crippen LogP contribution in [-0.2, 0) is 9.59 Å². The summed E-state index contributed by atoms with van der Waals surface area (Å²) in [6, 6.07) is -0.845. The second-order valence-electron chi connectivity index (χ2n) is 4.19. The average Bonchev–Trinajstić information content (AvgIpc) is 2.62. The molecule has 0 saturated heterocycles. The Labute approximate surface area is 182 Å². The van der Waals surface area contributed by atoms with Crippen LogP contribution in [0, 0.1) is 11.3 Å². The van der Waals surface area contributed by atoms with Crippen LogP contribution in [0.25, 0.3) is 0 Å². The Hall–Kier alpha value is -1.47. The number of hydrogen-bond acceptors (Lipinski definition) is 4. The third kappa shape index (κ3) is 11.2. The molecule has 1 rings (SSSR count). The molecule has 0 radical (unpaired) electrons. The fraction of sp³-hybridized carbons (Fsp3) is 0.421. The Morgan fingerprint density at radius 1 is 1.04 bits per heavy atom. The van der Waals surface area contributed by atoms with Gasteiger partial charge in [0.05, 0.1) is 6.02 Å². The van der Waals surface area contributed by atoms with Gasteiger partial charge in [0, 0.05) is 0 Å².